The van der Waals surface area contributed by atoms with Crippen molar-refractivity contribution in [1.82, 2.24) is 23.2 Å². The topological polar surface area (TPSA) is 80.0 Å². The second-order valence-electron chi connectivity index (χ2n) is 6.16. The Morgan fingerprint density at radius 1 is 1.00 bits per heavy atom. The molecule has 0 bridgehead atoms. The van der Waals surface area contributed by atoms with Gasteiger partial charge in [0.1, 0.15) is 0 Å². The summed E-state index contributed by atoms with van der Waals surface area (Å²) in [4.78, 5) is 4.29. The van der Waals surface area contributed by atoms with Gasteiger partial charge in [0.2, 0.25) is 0 Å². The third-order valence-corrected chi connectivity index (χ3v) is 6.85. The Morgan fingerprint density at radius 2 is 1.71 bits per heavy atom. The highest BCUT2D eigenvalue weighted by Crippen LogP contribution is 2.29. The first kappa shape index (κ1) is 15.9. The number of nitrogens with zero attached hydrogens (tertiary/aromatic N) is 5. The minimum absolute atomic E-state index is 0.298. The summed E-state index contributed by atoms with van der Waals surface area (Å²) in [5.41, 5.74) is 1.93. The lowest BCUT2D eigenvalue weighted by Crippen LogP contribution is -2.50. The van der Waals surface area contributed by atoms with Gasteiger partial charge in [-0.1, -0.05) is 0 Å². The van der Waals surface area contributed by atoms with Gasteiger partial charge in [0, 0.05) is 50.1 Å². The van der Waals surface area contributed by atoms with Crippen LogP contribution in [0.5, 0.6) is 0 Å². The quantitative estimate of drug-likeness (QED) is 0.804. The van der Waals surface area contributed by atoms with Crippen molar-refractivity contribution in [1.29, 1.82) is 0 Å². The maximum atomic E-state index is 12.7. The van der Waals surface area contributed by atoms with Gasteiger partial charge in [-0.3, -0.25) is 0 Å². The number of hydrogen-bond acceptors (Lipinski definition) is 5. The predicted molar refractivity (Wildman–Crippen MR) is 87.8 cm³/mol. The van der Waals surface area contributed by atoms with Gasteiger partial charge in [0.05, 0.1) is 19.4 Å². The molecule has 2 fully saturated rings. The zero-order valence-electron chi connectivity index (χ0n) is 13.4. The monoisotopic (exact) mass is 351 g/mol. The number of piperidine rings is 1. The molecule has 4 rings (SSSR count). The molecule has 9 heteroatoms. The van der Waals surface area contributed by atoms with Gasteiger partial charge < -0.3 is 4.74 Å². The van der Waals surface area contributed by atoms with E-state index >= 15 is 0 Å². The van der Waals surface area contributed by atoms with Gasteiger partial charge in [-0.25, -0.2) is 9.50 Å². The Bertz CT molecular complexity index is 807. The van der Waals surface area contributed by atoms with Crippen LogP contribution in [0.1, 0.15) is 24.5 Å². The number of fused-ring (bicyclic) bond motifs is 1. The van der Waals surface area contributed by atoms with Crippen LogP contribution < -0.4 is 0 Å². The summed E-state index contributed by atoms with van der Waals surface area (Å²) in [6.07, 6.45) is 5.12. The van der Waals surface area contributed by atoms with Crippen LogP contribution in [0.4, 0.5) is 0 Å². The van der Waals surface area contributed by atoms with E-state index in [1.165, 1.54) is 4.31 Å². The van der Waals surface area contributed by atoms with Crippen molar-refractivity contribution >= 4 is 15.9 Å². The summed E-state index contributed by atoms with van der Waals surface area (Å²) in [6, 6.07) is 3.86. The standard InChI is InChI=1S/C15H21N5O3S/c21-24(22,19-9-11-23-12-10-19)18-7-3-13(4-8-18)14-1-5-16-15-2-6-17-20(14)15/h1-2,5-6,13H,3-4,7-12H2. The molecule has 2 aliphatic rings. The number of hydrogen-bond donors (Lipinski definition) is 0. The van der Waals surface area contributed by atoms with Crippen molar-refractivity contribution in [3.63, 3.8) is 0 Å². The first-order valence-electron chi connectivity index (χ1n) is 8.28. The van der Waals surface area contributed by atoms with Crippen molar-refractivity contribution in [2.24, 2.45) is 0 Å². The lowest BCUT2D eigenvalue weighted by Gasteiger charge is -2.36. The van der Waals surface area contributed by atoms with Crippen LogP contribution in [0.3, 0.4) is 0 Å². The maximum absolute atomic E-state index is 12.7. The van der Waals surface area contributed by atoms with Gasteiger partial charge in [-0.15, -0.1) is 0 Å². The molecule has 0 unspecified atom stereocenters. The molecule has 0 aliphatic carbocycles. The molecular formula is C15H21N5O3S. The molecule has 0 atom stereocenters. The van der Waals surface area contributed by atoms with Crippen LogP contribution >= 0.6 is 0 Å². The van der Waals surface area contributed by atoms with E-state index in [2.05, 4.69) is 10.1 Å². The summed E-state index contributed by atoms with van der Waals surface area (Å²) in [5.74, 6) is 0.298. The van der Waals surface area contributed by atoms with Crippen LogP contribution in [0.25, 0.3) is 5.65 Å². The zero-order valence-corrected chi connectivity index (χ0v) is 14.2. The maximum Gasteiger partial charge on any atom is 0.282 e. The minimum atomic E-state index is -3.37. The molecule has 2 saturated heterocycles. The normalized spacial score (nSPS) is 22.2. The van der Waals surface area contributed by atoms with Crippen molar-refractivity contribution < 1.29 is 13.2 Å². The van der Waals surface area contributed by atoms with E-state index in [9.17, 15) is 8.42 Å². The molecule has 2 aliphatic heterocycles. The molecule has 0 saturated carbocycles. The third kappa shape index (κ3) is 2.81. The Hall–Kier alpha value is -1.55. The smallest absolute Gasteiger partial charge is 0.282 e. The fourth-order valence-corrected chi connectivity index (χ4v) is 5.09. The molecule has 2 aromatic rings. The van der Waals surface area contributed by atoms with Gasteiger partial charge in [-0.2, -0.15) is 22.1 Å². The highest BCUT2D eigenvalue weighted by atomic mass is 32.2. The molecule has 0 aromatic carbocycles. The highest BCUT2D eigenvalue weighted by molar-refractivity contribution is 7.86. The third-order valence-electron chi connectivity index (χ3n) is 4.81. The molecule has 0 spiro atoms. The van der Waals surface area contributed by atoms with Crippen LogP contribution in [-0.2, 0) is 14.9 Å². The average Bonchev–Trinajstić information content (AvgIpc) is 3.11. The fourth-order valence-electron chi connectivity index (χ4n) is 3.49. The van der Waals surface area contributed by atoms with Gasteiger partial charge in [-0.05, 0) is 18.9 Å². The Morgan fingerprint density at radius 3 is 2.46 bits per heavy atom. The Labute approximate surface area is 141 Å². The molecule has 0 N–H and O–H groups in total. The lowest BCUT2D eigenvalue weighted by atomic mass is 9.94. The van der Waals surface area contributed by atoms with Crippen LogP contribution in [0.2, 0.25) is 0 Å². The fraction of sp³-hybridized carbons (Fsp3) is 0.600. The number of morpholine rings is 1. The highest BCUT2D eigenvalue weighted by Gasteiger charge is 2.34. The van der Waals surface area contributed by atoms with E-state index in [-0.39, 0.29) is 0 Å². The van der Waals surface area contributed by atoms with Crippen molar-refractivity contribution in [3.05, 3.63) is 30.2 Å². The van der Waals surface area contributed by atoms with Crippen molar-refractivity contribution in [2.75, 3.05) is 39.4 Å². The Balaban J connectivity index is 1.48. The second kappa shape index (κ2) is 6.40. The van der Waals surface area contributed by atoms with Crippen molar-refractivity contribution in [3.8, 4) is 0 Å². The number of ether oxygens (including phenoxy) is 1. The summed E-state index contributed by atoms with van der Waals surface area (Å²) < 4.78 is 35.7. The molecule has 4 heterocycles. The van der Waals surface area contributed by atoms with E-state index in [1.807, 2.05) is 16.6 Å². The van der Waals surface area contributed by atoms with E-state index < -0.39 is 10.2 Å². The van der Waals surface area contributed by atoms with Crippen molar-refractivity contribution in [2.45, 2.75) is 18.8 Å². The molecular weight excluding hydrogens is 330 g/mol. The molecule has 130 valence electrons. The largest absolute Gasteiger partial charge is 0.379 e. The molecule has 0 amide bonds. The lowest BCUT2D eigenvalue weighted by molar-refractivity contribution is 0.0696. The van der Waals surface area contributed by atoms with E-state index in [0.29, 0.717) is 45.3 Å². The SMILES string of the molecule is O=S(=O)(N1CCOCC1)N1CCC(c2ccnc3ccnn23)CC1. The van der Waals surface area contributed by atoms with E-state index in [0.717, 1.165) is 24.2 Å². The first-order chi connectivity index (χ1) is 11.7. The molecule has 2 aromatic heterocycles. The molecule has 8 nitrogen and oxygen atoms in total. The molecule has 24 heavy (non-hydrogen) atoms. The van der Waals surface area contributed by atoms with Crippen LogP contribution in [0, 0.1) is 0 Å². The summed E-state index contributed by atoms with van der Waals surface area (Å²) in [7, 11) is -3.37. The van der Waals surface area contributed by atoms with Crippen LogP contribution in [0.15, 0.2) is 24.5 Å². The molecule has 0 radical (unpaired) electrons. The number of aromatic nitrogens is 3. The summed E-state index contributed by atoms with van der Waals surface area (Å²) >= 11 is 0. The first-order valence-corrected chi connectivity index (χ1v) is 9.67. The van der Waals surface area contributed by atoms with E-state index in [4.69, 9.17) is 4.74 Å². The van der Waals surface area contributed by atoms with E-state index in [1.54, 1.807) is 16.7 Å². The second-order valence-corrected chi connectivity index (χ2v) is 8.09. The average molecular weight is 351 g/mol. The number of rotatable bonds is 3. The minimum Gasteiger partial charge on any atom is -0.379 e. The van der Waals surface area contributed by atoms with Gasteiger partial charge >= 0.3 is 0 Å². The Kier molecular flexibility index (Phi) is 4.25. The zero-order chi connectivity index (χ0) is 16.6. The summed E-state index contributed by atoms with van der Waals surface area (Å²) in [5, 5.41) is 4.34. The predicted octanol–water partition coefficient (Wildman–Crippen LogP) is 0.486. The van der Waals surface area contributed by atoms with Crippen LogP contribution in [-0.4, -0.2) is 71.0 Å². The van der Waals surface area contributed by atoms with Gasteiger partial charge in [0.25, 0.3) is 10.2 Å². The van der Waals surface area contributed by atoms with Gasteiger partial charge in [0.15, 0.2) is 5.65 Å². The summed E-state index contributed by atoms with van der Waals surface area (Å²) in [6.45, 7) is 2.92.